The molecule has 0 aliphatic heterocycles. The lowest BCUT2D eigenvalue weighted by atomic mass is 9.94. The molecule has 0 amide bonds. The third kappa shape index (κ3) is 5.78. The summed E-state index contributed by atoms with van der Waals surface area (Å²) in [5, 5.41) is 0. The molecule has 0 bridgehead atoms. The van der Waals surface area contributed by atoms with Gasteiger partial charge in [-0.1, -0.05) is 34.6 Å². The molecule has 3 heteroatoms. The first kappa shape index (κ1) is 14.4. The lowest BCUT2D eigenvalue weighted by molar-refractivity contribution is 0.330. The molecule has 90 valence electrons. The highest BCUT2D eigenvalue weighted by Crippen LogP contribution is 2.16. The molecule has 0 aliphatic carbocycles. The molecule has 0 saturated carbocycles. The molecule has 0 heterocycles. The van der Waals surface area contributed by atoms with E-state index in [0.717, 1.165) is 12.4 Å². The summed E-state index contributed by atoms with van der Waals surface area (Å²) in [7, 11) is 4.14. The van der Waals surface area contributed by atoms with Crippen molar-refractivity contribution < 1.29 is 0 Å². The summed E-state index contributed by atoms with van der Waals surface area (Å²) in [6.45, 7) is 11.6. The zero-order chi connectivity index (χ0) is 12.2. The molecule has 1 atom stereocenters. The van der Waals surface area contributed by atoms with E-state index in [2.05, 4.69) is 58.6 Å². The van der Waals surface area contributed by atoms with E-state index >= 15 is 0 Å². The van der Waals surface area contributed by atoms with Crippen molar-refractivity contribution in [2.45, 2.75) is 40.7 Å². The molecule has 1 unspecified atom stereocenters. The molecule has 0 aliphatic rings. The van der Waals surface area contributed by atoms with E-state index in [-0.39, 0.29) is 5.41 Å². The van der Waals surface area contributed by atoms with Gasteiger partial charge in [0.15, 0.2) is 0 Å². The molecule has 15 heavy (non-hydrogen) atoms. The summed E-state index contributed by atoms with van der Waals surface area (Å²) >= 11 is 0. The van der Waals surface area contributed by atoms with E-state index in [1.54, 1.807) is 0 Å². The number of hydrogen-bond acceptors (Lipinski definition) is 2. The van der Waals surface area contributed by atoms with E-state index in [9.17, 15) is 0 Å². The molecular weight excluding hydrogens is 186 g/mol. The third-order valence-corrected chi connectivity index (χ3v) is 2.40. The molecule has 0 aromatic rings. The van der Waals surface area contributed by atoms with E-state index < -0.39 is 0 Å². The number of aliphatic imine (C=N–C) groups is 1. The smallest absolute Gasteiger partial charge is 0.0995 e. The fourth-order valence-corrected chi connectivity index (χ4v) is 1.15. The molecule has 0 aromatic heterocycles. The number of likely N-dealkylation sites (N-methyl/N-ethyl adjacent to an activating group) is 1. The van der Waals surface area contributed by atoms with Gasteiger partial charge in [-0.15, -0.1) is 0 Å². The van der Waals surface area contributed by atoms with Gasteiger partial charge in [0.2, 0.25) is 0 Å². The molecule has 0 fully saturated rings. The van der Waals surface area contributed by atoms with Crippen molar-refractivity contribution in [2.24, 2.45) is 22.1 Å². The van der Waals surface area contributed by atoms with Crippen molar-refractivity contribution in [3.8, 4) is 0 Å². The van der Waals surface area contributed by atoms with Crippen molar-refractivity contribution in [1.82, 2.24) is 4.90 Å². The standard InChI is InChI=1S/C12H27N3/c1-9(2)10(8-15(6)7)14-11(13)12(3,4)5/h9-10H,8H2,1-7H3,(H2,13,14). The Morgan fingerprint density at radius 3 is 2.00 bits per heavy atom. The average Bonchev–Trinajstić information content (AvgIpc) is 1.99. The van der Waals surface area contributed by atoms with Gasteiger partial charge in [-0.3, -0.25) is 4.99 Å². The van der Waals surface area contributed by atoms with Crippen LogP contribution in [0.3, 0.4) is 0 Å². The van der Waals surface area contributed by atoms with Crippen molar-refractivity contribution >= 4 is 5.84 Å². The van der Waals surface area contributed by atoms with E-state index in [0.29, 0.717) is 12.0 Å². The fraction of sp³-hybridized carbons (Fsp3) is 0.917. The monoisotopic (exact) mass is 213 g/mol. The van der Waals surface area contributed by atoms with Crippen LogP contribution in [0.5, 0.6) is 0 Å². The summed E-state index contributed by atoms with van der Waals surface area (Å²) in [5.74, 6) is 1.27. The third-order valence-electron chi connectivity index (χ3n) is 2.40. The van der Waals surface area contributed by atoms with Crippen molar-refractivity contribution in [1.29, 1.82) is 0 Å². The van der Waals surface area contributed by atoms with Crippen LogP contribution in [0.4, 0.5) is 0 Å². The van der Waals surface area contributed by atoms with Gasteiger partial charge in [0.1, 0.15) is 0 Å². The Morgan fingerprint density at radius 1 is 1.27 bits per heavy atom. The molecule has 0 spiro atoms. The maximum absolute atomic E-state index is 6.00. The van der Waals surface area contributed by atoms with Crippen LogP contribution < -0.4 is 5.73 Å². The summed E-state index contributed by atoms with van der Waals surface area (Å²) in [6.07, 6.45) is 0. The van der Waals surface area contributed by atoms with Crippen molar-refractivity contribution in [3.05, 3.63) is 0 Å². The predicted octanol–water partition coefficient (Wildman–Crippen LogP) is 1.98. The van der Waals surface area contributed by atoms with Gasteiger partial charge < -0.3 is 10.6 Å². The summed E-state index contributed by atoms with van der Waals surface area (Å²) in [6, 6.07) is 0.291. The highest BCUT2D eigenvalue weighted by atomic mass is 15.1. The summed E-state index contributed by atoms with van der Waals surface area (Å²) < 4.78 is 0. The molecule has 2 N–H and O–H groups in total. The lowest BCUT2D eigenvalue weighted by Crippen LogP contribution is -2.35. The van der Waals surface area contributed by atoms with E-state index in [1.807, 2.05) is 0 Å². The van der Waals surface area contributed by atoms with Crippen LogP contribution in [0.2, 0.25) is 0 Å². The van der Waals surface area contributed by atoms with Crippen LogP contribution in [-0.4, -0.2) is 37.4 Å². The SMILES string of the molecule is CC(C)C(CN(C)C)N=C(N)C(C)(C)C. The molecule has 0 saturated heterocycles. The molecular formula is C12H27N3. The molecule has 0 radical (unpaired) electrons. The Bertz CT molecular complexity index is 211. The second kappa shape index (κ2) is 5.50. The second-order valence-electron chi connectivity index (χ2n) is 5.84. The van der Waals surface area contributed by atoms with Gasteiger partial charge in [-0.25, -0.2) is 0 Å². The van der Waals surface area contributed by atoms with Crippen LogP contribution >= 0.6 is 0 Å². The van der Waals surface area contributed by atoms with Crippen LogP contribution in [-0.2, 0) is 0 Å². The van der Waals surface area contributed by atoms with Gasteiger partial charge in [0.25, 0.3) is 0 Å². The fourth-order valence-electron chi connectivity index (χ4n) is 1.15. The highest BCUT2D eigenvalue weighted by Gasteiger charge is 2.19. The summed E-state index contributed by atoms with van der Waals surface area (Å²) in [4.78, 5) is 6.80. The van der Waals surface area contributed by atoms with Gasteiger partial charge in [0.05, 0.1) is 11.9 Å². The van der Waals surface area contributed by atoms with E-state index in [1.165, 1.54) is 0 Å². The van der Waals surface area contributed by atoms with Crippen LogP contribution in [0.25, 0.3) is 0 Å². The minimum atomic E-state index is -0.0283. The molecule has 0 aromatic carbocycles. The normalized spacial score (nSPS) is 16.2. The Labute approximate surface area is 94.7 Å². The minimum Gasteiger partial charge on any atom is -0.387 e. The number of rotatable bonds is 4. The van der Waals surface area contributed by atoms with Gasteiger partial charge in [-0.2, -0.15) is 0 Å². The van der Waals surface area contributed by atoms with Crippen LogP contribution in [0, 0.1) is 11.3 Å². The quantitative estimate of drug-likeness (QED) is 0.573. The first-order chi connectivity index (χ1) is 6.64. The Balaban J connectivity index is 4.66. The number of hydrogen-bond donors (Lipinski definition) is 1. The zero-order valence-electron chi connectivity index (χ0n) is 11.3. The largest absolute Gasteiger partial charge is 0.387 e. The maximum atomic E-state index is 6.00. The molecule has 3 nitrogen and oxygen atoms in total. The minimum absolute atomic E-state index is 0.0283. The van der Waals surface area contributed by atoms with Gasteiger partial charge >= 0.3 is 0 Å². The number of amidine groups is 1. The number of nitrogens with zero attached hydrogens (tertiary/aromatic N) is 2. The highest BCUT2D eigenvalue weighted by molar-refractivity contribution is 5.85. The average molecular weight is 213 g/mol. The maximum Gasteiger partial charge on any atom is 0.0995 e. The first-order valence-electron chi connectivity index (χ1n) is 5.63. The second-order valence-corrected chi connectivity index (χ2v) is 5.84. The Morgan fingerprint density at radius 2 is 1.73 bits per heavy atom. The molecule has 0 rings (SSSR count). The van der Waals surface area contributed by atoms with Crippen molar-refractivity contribution in [2.75, 3.05) is 20.6 Å². The first-order valence-corrected chi connectivity index (χ1v) is 5.63. The zero-order valence-corrected chi connectivity index (χ0v) is 11.3. The number of nitrogens with two attached hydrogens (primary N) is 1. The topological polar surface area (TPSA) is 41.6 Å². The Kier molecular flexibility index (Phi) is 5.29. The van der Waals surface area contributed by atoms with Gasteiger partial charge in [0, 0.05) is 12.0 Å². The Hall–Kier alpha value is -0.570. The summed E-state index contributed by atoms with van der Waals surface area (Å²) in [5.41, 5.74) is 5.97. The lowest BCUT2D eigenvalue weighted by Gasteiger charge is -2.25. The predicted molar refractivity (Wildman–Crippen MR) is 68.3 cm³/mol. The van der Waals surface area contributed by atoms with Gasteiger partial charge in [-0.05, 0) is 20.0 Å². The van der Waals surface area contributed by atoms with Crippen LogP contribution in [0.1, 0.15) is 34.6 Å². The van der Waals surface area contributed by atoms with Crippen LogP contribution in [0.15, 0.2) is 4.99 Å². The van der Waals surface area contributed by atoms with Crippen molar-refractivity contribution in [3.63, 3.8) is 0 Å². The van der Waals surface area contributed by atoms with E-state index in [4.69, 9.17) is 5.73 Å².